The molecule has 3 rings (SSSR count). The molecule has 2 heterocycles. The molecule has 0 radical (unpaired) electrons. The molecule has 1 aromatic carbocycles. The molecule has 0 amide bonds. The fourth-order valence-corrected chi connectivity index (χ4v) is 2.83. The van der Waals surface area contributed by atoms with Gasteiger partial charge in [0.2, 0.25) is 0 Å². The minimum atomic E-state index is 0.807. The van der Waals surface area contributed by atoms with Crippen LogP contribution in [0, 0.1) is 6.92 Å². The van der Waals surface area contributed by atoms with Crippen LogP contribution in [0.1, 0.15) is 18.4 Å². The first-order chi connectivity index (χ1) is 10.2. The molecule has 0 saturated carbocycles. The number of rotatable bonds is 4. The van der Waals surface area contributed by atoms with Crippen molar-refractivity contribution in [3.8, 4) is 11.3 Å². The largest absolute Gasteiger partial charge is 0.330 e. The molecule has 0 spiro atoms. The van der Waals surface area contributed by atoms with Crippen LogP contribution in [0.5, 0.6) is 0 Å². The van der Waals surface area contributed by atoms with Crippen molar-refractivity contribution in [2.24, 2.45) is 0 Å². The Bertz CT molecular complexity index is 658. The van der Waals surface area contributed by atoms with Crippen LogP contribution in [0.3, 0.4) is 0 Å². The maximum absolute atomic E-state index is 6.24. The number of aryl methyl sites for hydroxylation is 2. The van der Waals surface area contributed by atoms with Crippen molar-refractivity contribution >= 4 is 11.6 Å². The second-order valence-corrected chi connectivity index (χ2v) is 5.91. The average molecular weight is 302 g/mol. The predicted octanol–water partition coefficient (Wildman–Crippen LogP) is 3.82. The maximum Gasteiger partial charge on any atom is 0.0951 e. The number of hydrogen-bond donors (Lipinski definition) is 1. The van der Waals surface area contributed by atoms with Crippen LogP contribution in [0.4, 0.5) is 0 Å². The number of hydrogen-bond acceptors (Lipinski definition) is 2. The van der Waals surface area contributed by atoms with Crippen molar-refractivity contribution in [2.45, 2.75) is 26.3 Å². The van der Waals surface area contributed by atoms with E-state index in [4.69, 9.17) is 11.6 Å². The van der Waals surface area contributed by atoms with Gasteiger partial charge in [-0.15, -0.1) is 0 Å². The molecule has 0 fully saturated rings. The monoisotopic (exact) mass is 301 g/mol. The molecule has 3 nitrogen and oxygen atoms in total. The first kappa shape index (κ1) is 14.4. The molecular weight excluding hydrogens is 282 g/mol. The predicted molar refractivity (Wildman–Crippen MR) is 87.6 cm³/mol. The highest BCUT2D eigenvalue weighted by atomic mass is 35.5. The summed E-state index contributed by atoms with van der Waals surface area (Å²) in [5.74, 6) is 0. The highest BCUT2D eigenvalue weighted by molar-refractivity contribution is 6.31. The van der Waals surface area contributed by atoms with Crippen molar-refractivity contribution in [3.05, 3.63) is 53.0 Å². The Hall–Kier alpha value is -1.58. The van der Waals surface area contributed by atoms with E-state index in [9.17, 15) is 0 Å². The molecule has 1 N–H and O–H groups in total. The second-order valence-electron chi connectivity index (χ2n) is 5.50. The Balaban J connectivity index is 1.77. The highest BCUT2D eigenvalue weighted by Gasteiger charge is 2.08. The minimum Gasteiger partial charge on any atom is -0.330 e. The van der Waals surface area contributed by atoms with E-state index in [1.54, 1.807) is 0 Å². The van der Waals surface area contributed by atoms with Gasteiger partial charge in [0.05, 0.1) is 18.2 Å². The lowest BCUT2D eigenvalue weighted by Crippen LogP contribution is -2.21. The van der Waals surface area contributed by atoms with Crippen LogP contribution >= 0.6 is 11.6 Å². The molecular formula is C17H20ClN3. The molecule has 0 saturated heterocycles. The van der Waals surface area contributed by atoms with E-state index >= 15 is 0 Å². The van der Waals surface area contributed by atoms with Crippen LogP contribution in [0.2, 0.25) is 5.02 Å². The topological polar surface area (TPSA) is 29.9 Å². The molecule has 0 bridgehead atoms. The summed E-state index contributed by atoms with van der Waals surface area (Å²) in [4.78, 5) is 4.30. The van der Waals surface area contributed by atoms with E-state index in [1.807, 2.05) is 25.5 Å². The van der Waals surface area contributed by atoms with E-state index in [2.05, 4.69) is 33.1 Å². The van der Waals surface area contributed by atoms with Gasteiger partial charge in [0, 0.05) is 23.7 Å². The Kier molecular flexibility index (Phi) is 4.42. The van der Waals surface area contributed by atoms with Gasteiger partial charge in [-0.25, -0.2) is 4.98 Å². The van der Waals surface area contributed by atoms with Crippen molar-refractivity contribution < 1.29 is 0 Å². The smallest absolute Gasteiger partial charge is 0.0951 e. The van der Waals surface area contributed by atoms with E-state index in [0.717, 1.165) is 54.3 Å². The maximum atomic E-state index is 6.24. The third-order valence-electron chi connectivity index (χ3n) is 4.01. The zero-order valence-electron chi connectivity index (χ0n) is 12.3. The number of nitrogens with zero attached hydrogens (tertiary/aromatic N) is 2. The average Bonchev–Trinajstić information content (AvgIpc) is 2.97. The molecule has 1 aliphatic heterocycles. The quantitative estimate of drug-likeness (QED) is 0.870. The van der Waals surface area contributed by atoms with Crippen LogP contribution in [-0.2, 0) is 6.54 Å². The van der Waals surface area contributed by atoms with Gasteiger partial charge in [0.25, 0.3) is 0 Å². The number of imidazole rings is 1. The fraction of sp³-hybridized carbons (Fsp3) is 0.353. The molecule has 110 valence electrons. The molecule has 1 aliphatic rings. The Labute approximate surface area is 130 Å². The number of aromatic nitrogens is 2. The van der Waals surface area contributed by atoms with Gasteiger partial charge in [-0.1, -0.05) is 35.4 Å². The third kappa shape index (κ3) is 3.36. The van der Waals surface area contributed by atoms with Crippen molar-refractivity contribution in [2.75, 3.05) is 13.1 Å². The lowest BCUT2D eigenvalue weighted by molar-refractivity contribution is 0.633. The second kappa shape index (κ2) is 6.46. The summed E-state index contributed by atoms with van der Waals surface area (Å²) in [6.45, 7) is 5.08. The summed E-state index contributed by atoms with van der Waals surface area (Å²) in [6.07, 6.45) is 8.37. The van der Waals surface area contributed by atoms with Crippen molar-refractivity contribution in [1.29, 1.82) is 0 Å². The summed E-state index contributed by atoms with van der Waals surface area (Å²) in [7, 11) is 0. The zero-order valence-corrected chi connectivity index (χ0v) is 13.0. The van der Waals surface area contributed by atoms with Gasteiger partial charge in [-0.05, 0) is 37.9 Å². The van der Waals surface area contributed by atoms with Crippen molar-refractivity contribution in [1.82, 2.24) is 14.9 Å². The van der Waals surface area contributed by atoms with Crippen molar-refractivity contribution in [3.63, 3.8) is 0 Å². The van der Waals surface area contributed by atoms with E-state index < -0.39 is 0 Å². The molecule has 1 aromatic heterocycles. The standard InChI is InChI=1S/C17H20ClN3/c1-13-2-3-15(10-16(13)18)17-11-20-12-21(17)9-6-14-4-7-19-8-5-14/h2-4,10-12,19H,5-9H2,1H3. The minimum absolute atomic E-state index is 0.807. The van der Waals surface area contributed by atoms with Crippen LogP contribution in [-0.4, -0.2) is 22.6 Å². The van der Waals surface area contributed by atoms with E-state index in [-0.39, 0.29) is 0 Å². The lowest BCUT2D eigenvalue weighted by Gasteiger charge is -2.15. The van der Waals surface area contributed by atoms with Gasteiger partial charge in [-0.3, -0.25) is 0 Å². The van der Waals surface area contributed by atoms with Gasteiger partial charge in [0.1, 0.15) is 0 Å². The summed E-state index contributed by atoms with van der Waals surface area (Å²) in [5, 5.41) is 4.15. The third-order valence-corrected chi connectivity index (χ3v) is 4.42. The first-order valence-electron chi connectivity index (χ1n) is 7.39. The number of nitrogens with one attached hydrogen (secondary N) is 1. The molecule has 0 atom stereocenters. The van der Waals surface area contributed by atoms with Crippen LogP contribution in [0.15, 0.2) is 42.4 Å². The highest BCUT2D eigenvalue weighted by Crippen LogP contribution is 2.25. The van der Waals surface area contributed by atoms with E-state index in [1.165, 1.54) is 5.57 Å². The number of halogens is 1. The SMILES string of the molecule is Cc1ccc(-c2cncn2CCC2=CCNCC2)cc1Cl. The summed E-state index contributed by atoms with van der Waals surface area (Å²) < 4.78 is 2.21. The molecule has 4 heteroatoms. The fourth-order valence-electron chi connectivity index (χ4n) is 2.65. The molecule has 2 aromatic rings. The van der Waals surface area contributed by atoms with E-state index in [0.29, 0.717) is 0 Å². The molecule has 0 aliphatic carbocycles. The lowest BCUT2D eigenvalue weighted by atomic mass is 10.1. The Morgan fingerprint density at radius 3 is 3.05 bits per heavy atom. The first-order valence-corrected chi connectivity index (χ1v) is 7.77. The summed E-state index contributed by atoms with van der Waals surface area (Å²) >= 11 is 6.24. The van der Waals surface area contributed by atoms with Gasteiger partial charge in [-0.2, -0.15) is 0 Å². The summed E-state index contributed by atoms with van der Waals surface area (Å²) in [5.41, 5.74) is 4.90. The van der Waals surface area contributed by atoms with Gasteiger partial charge < -0.3 is 9.88 Å². The van der Waals surface area contributed by atoms with Gasteiger partial charge in [0.15, 0.2) is 0 Å². The molecule has 21 heavy (non-hydrogen) atoms. The van der Waals surface area contributed by atoms with Gasteiger partial charge >= 0.3 is 0 Å². The normalized spacial score (nSPS) is 15.0. The Morgan fingerprint density at radius 2 is 2.29 bits per heavy atom. The molecule has 0 unspecified atom stereocenters. The zero-order chi connectivity index (χ0) is 14.7. The van der Waals surface area contributed by atoms with Crippen LogP contribution < -0.4 is 5.32 Å². The van der Waals surface area contributed by atoms with Crippen LogP contribution in [0.25, 0.3) is 11.3 Å². The Morgan fingerprint density at radius 1 is 1.38 bits per heavy atom. The number of benzene rings is 1. The summed E-state index contributed by atoms with van der Waals surface area (Å²) in [6, 6.07) is 6.19.